The number of imidazole rings is 1. The Morgan fingerprint density at radius 3 is 2.62 bits per heavy atom. The zero-order valence-corrected chi connectivity index (χ0v) is 17.3. The molecule has 5 rings (SSSR count). The quantitative estimate of drug-likeness (QED) is 0.451. The van der Waals surface area contributed by atoms with Gasteiger partial charge in [-0.15, -0.1) is 0 Å². The van der Waals surface area contributed by atoms with Crippen molar-refractivity contribution in [3.63, 3.8) is 0 Å². The third-order valence-corrected chi connectivity index (χ3v) is 5.12. The Labute approximate surface area is 184 Å². The van der Waals surface area contributed by atoms with Gasteiger partial charge in [-0.3, -0.25) is 9.36 Å². The Kier molecular flexibility index (Phi) is 5.09. The minimum Gasteiger partial charge on any atom is -0.497 e. The van der Waals surface area contributed by atoms with Gasteiger partial charge in [0.2, 0.25) is 0 Å². The monoisotopic (exact) mass is 424 g/mol. The van der Waals surface area contributed by atoms with Gasteiger partial charge in [0, 0.05) is 18.9 Å². The van der Waals surface area contributed by atoms with Crippen molar-refractivity contribution in [2.75, 3.05) is 7.11 Å². The number of rotatable bonds is 6. The molecule has 8 nitrogen and oxygen atoms in total. The molecular weight excluding hydrogens is 404 g/mol. The van der Waals surface area contributed by atoms with Gasteiger partial charge in [0.1, 0.15) is 17.9 Å². The molecule has 0 saturated carbocycles. The van der Waals surface area contributed by atoms with Gasteiger partial charge in [0.05, 0.1) is 23.8 Å². The summed E-state index contributed by atoms with van der Waals surface area (Å²) in [4.78, 5) is 21.4. The molecule has 1 N–H and O–H groups in total. The van der Waals surface area contributed by atoms with Crippen LogP contribution in [0.4, 0.5) is 0 Å². The molecule has 2 aromatic carbocycles. The Bertz CT molecular complexity index is 1370. The van der Waals surface area contributed by atoms with Crippen molar-refractivity contribution in [1.29, 1.82) is 0 Å². The van der Waals surface area contributed by atoms with Crippen molar-refractivity contribution in [2.24, 2.45) is 0 Å². The average molecular weight is 424 g/mol. The largest absolute Gasteiger partial charge is 0.497 e. The van der Waals surface area contributed by atoms with Crippen molar-refractivity contribution in [3.05, 3.63) is 96.7 Å². The summed E-state index contributed by atoms with van der Waals surface area (Å²) >= 11 is 0. The van der Waals surface area contributed by atoms with Gasteiger partial charge in [-0.1, -0.05) is 18.2 Å². The van der Waals surface area contributed by atoms with Gasteiger partial charge < -0.3 is 10.1 Å². The minimum atomic E-state index is -0.248. The van der Waals surface area contributed by atoms with E-state index in [4.69, 9.17) is 4.74 Å². The number of nitrogens with zero attached hydrogens (tertiary/aromatic N) is 5. The maximum absolute atomic E-state index is 12.5. The highest BCUT2D eigenvalue weighted by Gasteiger charge is 2.11. The zero-order chi connectivity index (χ0) is 21.9. The number of hydrogen-bond acceptors (Lipinski definition) is 5. The molecule has 0 spiro atoms. The number of carbonyl (C=O) groups excluding carboxylic acids is 1. The molecule has 1 amide bonds. The first-order chi connectivity index (χ1) is 15.7. The number of aromatic nitrogens is 5. The number of benzene rings is 2. The standard InChI is InChI=1S/C24H20N6O2/c1-32-19-9-7-18(8-10-19)30-13-12-21(28-30)24(31)26-15-17-6-11-23(25-14-17)29-16-27-20-4-2-3-5-22(20)29/h2-14,16H,15H2,1H3,(H,26,31). The van der Waals surface area contributed by atoms with Gasteiger partial charge in [0.15, 0.2) is 5.69 Å². The molecule has 0 unspecified atom stereocenters. The first-order valence-corrected chi connectivity index (χ1v) is 10.1. The van der Waals surface area contributed by atoms with Crippen LogP contribution >= 0.6 is 0 Å². The second-order valence-corrected chi connectivity index (χ2v) is 7.15. The first-order valence-electron chi connectivity index (χ1n) is 10.1. The summed E-state index contributed by atoms with van der Waals surface area (Å²) in [5.41, 5.74) is 3.99. The Morgan fingerprint density at radius 2 is 1.84 bits per heavy atom. The summed E-state index contributed by atoms with van der Waals surface area (Å²) in [7, 11) is 1.62. The smallest absolute Gasteiger partial charge is 0.272 e. The van der Waals surface area contributed by atoms with Crippen LogP contribution in [0, 0.1) is 0 Å². The average Bonchev–Trinajstić information content (AvgIpc) is 3.51. The number of carbonyl (C=O) groups is 1. The molecule has 3 aromatic heterocycles. The first kappa shape index (κ1) is 19.5. The van der Waals surface area contributed by atoms with E-state index in [0.717, 1.165) is 33.9 Å². The van der Waals surface area contributed by atoms with Gasteiger partial charge in [-0.2, -0.15) is 5.10 Å². The highest BCUT2D eigenvalue weighted by Crippen LogP contribution is 2.17. The van der Waals surface area contributed by atoms with Gasteiger partial charge >= 0.3 is 0 Å². The zero-order valence-electron chi connectivity index (χ0n) is 17.3. The van der Waals surface area contributed by atoms with Crippen LogP contribution in [-0.2, 0) is 6.54 Å². The highest BCUT2D eigenvalue weighted by atomic mass is 16.5. The fourth-order valence-electron chi connectivity index (χ4n) is 3.40. The summed E-state index contributed by atoms with van der Waals surface area (Å²) in [5, 5.41) is 7.25. The summed E-state index contributed by atoms with van der Waals surface area (Å²) < 4.78 is 8.75. The number of fused-ring (bicyclic) bond motifs is 1. The Hall–Kier alpha value is -4.46. The van der Waals surface area contributed by atoms with E-state index < -0.39 is 0 Å². The number of amides is 1. The maximum Gasteiger partial charge on any atom is 0.272 e. The van der Waals surface area contributed by atoms with Crippen LogP contribution in [0.2, 0.25) is 0 Å². The molecule has 0 atom stereocenters. The molecule has 0 radical (unpaired) electrons. The molecule has 0 aliphatic carbocycles. The third-order valence-electron chi connectivity index (χ3n) is 5.12. The van der Waals surface area contributed by atoms with Crippen molar-refractivity contribution in [3.8, 4) is 17.3 Å². The van der Waals surface area contributed by atoms with Crippen LogP contribution in [0.15, 0.2) is 85.5 Å². The number of para-hydroxylation sites is 2. The van der Waals surface area contributed by atoms with Crippen LogP contribution in [0.25, 0.3) is 22.5 Å². The van der Waals surface area contributed by atoms with Gasteiger partial charge in [-0.25, -0.2) is 14.6 Å². The van der Waals surface area contributed by atoms with Gasteiger partial charge in [0.25, 0.3) is 5.91 Å². The Morgan fingerprint density at radius 1 is 1.00 bits per heavy atom. The molecule has 0 bridgehead atoms. The lowest BCUT2D eigenvalue weighted by atomic mass is 10.2. The fraction of sp³-hybridized carbons (Fsp3) is 0.0833. The molecule has 0 aliphatic rings. The summed E-state index contributed by atoms with van der Waals surface area (Å²) in [6.45, 7) is 0.353. The van der Waals surface area contributed by atoms with E-state index in [1.807, 2.05) is 65.2 Å². The van der Waals surface area contributed by atoms with Crippen molar-refractivity contribution >= 4 is 16.9 Å². The minimum absolute atomic E-state index is 0.248. The summed E-state index contributed by atoms with van der Waals surface area (Å²) in [6, 6.07) is 20.9. The second-order valence-electron chi connectivity index (χ2n) is 7.15. The van der Waals surface area contributed by atoms with E-state index in [1.165, 1.54) is 0 Å². The normalized spacial score (nSPS) is 10.9. The lowest BCUT2D eigenvalue weighted by molar-refractivity contribution is 0.0945. The van der Waals surface area contributed by atoms with Crippen LogP contribution in [0.5, 0.6) is 5.75 Å². The number of hydrogen-bond donors (Lipinski definition) is 1. The van der Waals surface area contributed by atoms with Crippen molar-refractivity contribution < 1.29 is 9.53 Å². The molecule has 0 aliphatic heterocycles. The van der Waals surface area contributed by atoms with Crippen LogP contribution in [0.3, 0.4) is 0 Å². The van der Waals surface area contributed by atoms with E-state index in [-0.39, 0.29) is 5.91 Å². The van der Waals surface area contributed by atoms with Crippen LogP contribution < -0.4 is 10.1 Å². The fourth-order valence-corrected chi connectivity index (χ4v) is 3.40. The molecule has 0 fully saturated rings. The maximum atomic E-state index is 12.5. The molecule has 5 aromatic rings. The highest BCUT2D eigenvalue weighted by molar-refractivity contribution is 5.92. The molecule has 32 heavy (non-hydrogen) atoms. The van der Waals surface area contributed by atoms with E-state index in [1.54, 1.807) is 36.6 Å². The van der Waals surface area contributed by atoms with Crippen molar-refractivity contribution in [1.82, 2.24) is 29.6 Å². The summed E-state index contributed by atoms with van der Waals surface area (Å²) in [5.74, 6) is 1.29. The second kappa shape index (κ2) is 8.35. The topological polar surface area (TPSA) is 86.9 Å². The predicted octanol–water partition coefficient (Wildman–Crippen LogP) is 3.54. The van der Waals surface area contributed by atoms with Gasteiger partial charge in [-0.05, 0) is 54.1 Å². The SMILES string of the molecule is COc1ccc(-n2ccc(C(=O)NCc3ccc(-n4cnc5ccccc54)nc3)n2)cc1. The van der Waals surface area contributed by atoms with E-state index in [2.05, 4.69) is 20.4 Å². The third kappa shape index (κ3) is 3.81. The molecule has 8 heteroatoms. The number of ether oxygens (including phenoxy) is 1. The predicted molar refractivity (Wildman–Crippen MR) is 120 cm³/mol. The molecule has 158 valence electrons. The molecule has 3 heterocycles. The number of nitrogens with one attached hydrogen (secondary N) is 1. The van der Waals surface area contributed by atoms with E-state index in [0.29, 0.717) is 12.2 Å². The lowest BCUT2D eigenvalue weighted by Gasteiger charge is -2.06. The number of pyridine rings is 1. The van der Waals surface area contributed by atoms with E-state index in [9.17, 15) is 4.79 Å². The lowest BCUT2D eigenvalue weighted by Crippen LogP contribution is -2.23. The van der Waals surface area contributed by atoms with Crippen LogP contribution in [-0.4, -0.2) is 37.3 Å². The molecular formula is C24H20N6O2. The number of methoxy groups -OCH3 is 1. The molecule has 0 saturated heterocycles. The van der Waals surface area contributed by atoms with E-state index >= 15 is 0 Å². The Balaban J connectivity index is 1.24. The summed E-state index contributed by atoms with van der Waals surface area (Å²) in [6.07, 6.45) is 5.26. The van der Waals surface area contributed by atoms with Crippen LogP contribution in [0.1, 0.15) is 16.1 Å². The van der Waals surface area contributed by atoms with Crippen molar-refractivity contribution in [2.45, 2.75) is 6.54 Å².